The van der Waals surface area contributed by atoms with Gasteiger partial charge in [0.1, 0.15) is 5.69 Å². The number of nitrogens with one attached hydrogen (secondary N) is 2. The smallest absolute Gasteiger partial charge is 0.274 e. The molecule has 27 heavy (non-hydrogen) atoms. The van der Waals surface area contributed by atoms with E-state index in [1.54, 1.807) is 0 Å². The van der Waals surface area contributed by atoms with E-state index in [4.69, 9.17) is 0 Å². The summed E-state index contributed by atoms with van der Waals surface area (Å²) < 4.78 is 0. The number of aryl methyl sites for hydroxylation is 1. The fourth-order valence-corrected chi connectivity index (χ4v) is 4.43. The number of likely N-dealkylation sites (tertiary alicyclic amines) is 1. The first kappa shape index (κ1) is 18.1. The van der Waals surface area contributed by atoms with Gasteiger partial charge in [-0.25, -0.2) is 0 Å². The fraction of sp³-hybridized carbons (Fsp3) is 0.545. The zero-order valence-corrected chi connectivity index (χ0v) is 16.2. The Morgan fingerprint density at radius 3 is 2.63 bits per heavy atom. The largest absolute Gasteiger partial charge is 0.382 e. The number of carbonyl (C=O) groups excluding carboxylic acids is 1. The van der Waals surface area contributed by atoms with Crippen LogP contribution in [-0.2, 0) is 0 Å². The van der Waals surface area contributed by atoms with E-state index >= 15 is 0 Å². The minimum absolute atomic E-state index is 0.0716. The van der Waals surface area contributed by atoms with Crippen LogP contribution in [0.25, 0.3) is 0 Å². The van der Waals surface area contributed by atoms with Gasteiger partial charge in [0.15, 0.2) is 0 Å². The monoisotopic (exact) mass is 366 g/mol. The van der Waals surface area contributed by atoms with Crippen LogP contribution in [-0.4, -0.2) is 40.1 Å². The number of amides is 1. The molecule has 0 spiro atoms. The van der Waals surface area contributed by atoms with Crippen LogP contribution in [0.15, 0.2) is 30.3 Å². The van der Waals surface area contributed by atoms with Crippen LogP contribution in [0.5, 0.6) is 0 Å². The molecule has 2 aromatic rings. The van der Waals surface area contributed by atoms with Gasteiger partial charge in [-0.05, 0) is 56.4 Å². The number of H-pyrrole nitrogens is 1. The molecule has 5 heteroatoms. The SMILES string of the molecule is Cc1cccc(NC2CCN(C(=O)c3cc(C4CCCCC4)[nH]n3)CC2)c1. The molecule has 1 aliphatic carbocycles. The molecule has 144 valence electrons. The van der Waals surface area contributed by atoms with Crippen molar-refractivity contribution in [3.8, 4) is 0 Å². The Kier molecular flexibility index (Phi) is 5.46. The summed E-state index contributed by atoms with van der Waals surface area (Å²) in [6.45, 7) is 3.68. The van der Waals surface area contributed by atoms with Crippen LogP contribution < -0.4 is 5.32 Å². The molecule has 0 unspecified atom stereocenters. The van der Waals surface area contributed by atoms with Gasteiger partial charge in [0, 0.05) is 36.4 Å². The lowest BCUT2D eigenvalue weighted by molar-refractivity contribution is 0.0712. The summed E-state index contributed by atoms with van der Waals surface area (Å²) in [6.07, 6.45) is 8.28. The highest BCUT2D eigenvalue weighted by Gasteiger charge is 2.26. The third-order valence-electron chi connectivity index (χ3n) is 6.03. The molecule has 1 aromatic heterocycles. The Morgan fingerprint density at radius 1 is 1.11 bits per heavy atom. The van der Waals surface area contributed by atoms with Gasteiger partial charge in [0.2, 0.25) is 0 Å². The number of hydrogen-bond donors (Lipinski definition) is 2. The third-order valence-corrected chi connectivity index (χ3v) is 6.03. The molecule has 1 saturated heterocycles. The minimum Gasteiger partial charge on any atom is -0.382 e. The van der Waals surface area contributed by atoms with Crippen molar-refractivity contribution in [3.05, 3.63) is 47.3 Å². The van der Waals surface area contributed by atoms with Gasteiger partial charge in [-0.15, -0.1) is 0 Å². The van der Waals surface area contributed by atoms with E-state index in [2.05, 4.69) is 46.7 Å². The van der Waals surface area contributed by atoms with Crippen LogP contribution in [0.1, 0.15) is 72.6 Å². The van der Waals surface area contributed by atoms with Crippen molar-refractivity contribution in [2.75, 3.05) is 18.4 Å². The van der Waals surface area contributed by atoms with Crippen LogP contribution in [0, 0.1) is 6.92 Å². The molecule has 1 aliphatic heterocycles. The first-order chi connectivity index (χ1) is 13.2. The van der Waals surface area contributed by atoms with E-state index in [1.165, 1.54) is 43.4 Å². The maximum atomic E-state index is 12.8. The highest BCUT2D eigenvalue weighted by atomic mass is 16.2. The number of benzene rings is 1. The molecule has 2 aliphatic rings. The zero-order valence-electron chi connectivity index (χ0n) is 16.2. The summed E-state index contributed by atoms with van der Waals surface area (Å²) in [5.41, 5.74) is 4.17. The van der Waals surface area contributed by atoms with E-state index in [-0.39, 0.29) is 5.91 Å². The second-order valence-electron chi connectivity index (χ2n) is 8.12. The average Bonchev–Trinajstić information content (AvgIpc) is 3.19. The lowest BCUT2D eigenvalue weighted by Gasteiger charge is -2.32. The molecule has 0 bridgehead atoms. The van der Waals surface area contributed by atoms with Gasteiger partial charge in [0.25, 0.3) is 5.91 Å². The minimum atomic E-state index is 0.0716. The van der Waals surface area contributed by atoms with E-state index in [1.807, 2.05) is 11.0 Å². The number of aromatic amines is 1. The lowest BCUT2D eigenvalue weighted by Crippen LogP contribution is -2.42. The van der Waals surface area contributed by atoms with Crippen molar-refractivity contribution in [2.24, 2.45) is 0 Å². The van der Waals surface area contributed by atoms with Crippen molar-refractivity contribution in [1.29, 1.82) is 0 Å². The molecule has 4 rings (SSSR count). The van der Waals surface area contributed by atoms with Crippen LogP contribution in [0.2, 0.25) is 0 Å². The molecule has 2 fully saturated rings. The highest BCUT2D eigenvalue weighted by Crippen LogP contribution is 2.31. The molecule has 2 N–H and O–H groups in total. The standard InChI is InChI=1S/C22H30N4O/c1-16-6-5-9-19(14-16)23-18-10-12-26(13-11-18)22(27)21-15-20(24-25-21)17-7-3-2-4-8-17/h5-6,9,14-15,17-18,23H,2-4,7-8,10-13H2,1H3,(H,24,25). The van der Waals surface area contributed by atoms with E-state index < -0.39 is 0 Å². The first-order valence-corrected chi connectivity index (χ1v) is 10.4. The van der Waals surface area contributed by atoms with E-state index in [9.17, 15) is 4.79 Å². The summed E-state index contributed by atoms with van der Waals surface area (Å²) in [5.74, 6) is 0.624. The normalized spacial score (nSPS) is 19.2. The summed E-state index contributed by atoms with van der Waals surface area (Å²) in [6, 6.07) is 10.9. The second-order valence-corrected chi connectivity index (χ2v) is 8.12. The van der Waals surface area contributed by atoms with Gasteiger partial charge < -0.3 is 10.2 Å². The topological polar surface area (TPSA) is 61.0 Å². The van der Waals surface area contributed by atoms with Crippen LogP contribution in [0.4, 0.5) is 5.69 Å². The molecule has 1 amide bonds. The van der Waals surface area contributed by atoms with Crippen molar-refractivity contribution in [3.63, 3.8) is 0 Å². The van der Waals surface area contributed by atoms with Crippen LogP contribution >= 0.6 is 0 Å². The number of rotatable bonds is 4. The third kappa shape index (κ3) is 4.34. The fourth-order valence-electron chi connectivity index (χ4n) is 4.43. The molecular formula is C22H30N4O. The summed E-state index contributed by atoms with van der Waals surface area (Å²) in [5, 5.41) is 11.1. The molecule has 1 saturated carbocycles. The Labute approximate surface area is 161 Å². The number of hydrogen-bond acceptors (Lipinski definition) is 3. The number of anilines is 1. The summed E-state index contributed by atoms with van der Waals surface area (Å²) >= 11 is 0. The lowest BCUT2D eigenvalue weighted by atomic mass is 9.87. The quantitative estimate of drug-likeness (QED) is 0.838. The first-order valence-electron chi connectivity index (χ1n) is 10.4. The highest BCUT2D eigenvalue weighted by molar-refractivity contribution is 5.92. The number of carbonyl (C=O) groups is 1. The molecule has 2 heterocycles. The van der Waals surface area contributed by atoms with E-state index in [0.29, 0.717) is 17.7 Å². The summed E-state index contributed by atoms with van der Waals surface area (Å²) in [4.78, 5) is 14.8. The Morgan fingerprint density at radius 2 is 1.89 bits per heavy atom. The van der Waals surface area contributed by atoms with Crippen molar-refractivity contribution in [1.82, 2.24) is 15.1 Å². The van der Waals surface area contributed by atoms with Crippen molar-refractivity contribution in [2.45, 2.75) is 63.8 Å². The predicted octanol–water partition coefficient (Wildman–Crippen LogP) is 4.48. The van der Waals surface area contributed by atoms with Gasteiger partial charge in [0.05, 0.1) is 0 Å². The molecule has 1 aromatic carbocycles. The van der Waals surface area contributed by atoms with Gasteiger partial charge in [-0.2, -0.15) is 5.10 Å². The molecular weight excluding hydrogens is 336 g/mol. The summed E-state index contributed by atoms with van der Waals surface area (Å²) in [7, 11) is 0. The number of piperidine rings is 1. The maximum absolute atomic E-state index is 12.8. The van der Waals surface area contributed by atoms with Crippen LogP contribution in [0.3, 0.4) is 0 Å². The molecule has 5 nitrogen and oxygen atoms in total. The van der Waals surface area contributed by atoms with E-state index in [0.717, 1.165) is 31.6 Å². The van der Waals surface area contributed by atoms with Gasteiger partial charge in [-0.3, -0.25) is 9.89 Å². The Hall–Kier alpha value is -2.30. The second kappa shape index (κ2) is 8.15. The Bertz CT molecular complexity index is 770. The van der Waals surface area contributed by atoms with Gasteiger partial charge >= 0.3 is 0 Å². The van der Waals surface area contributed by atoms with Crippen molar-refractivity contribution >= 4 is 11.6 Å². The van der Waals surface area contributed by atoms with Crippen molar-refractivity contribution < 1.29 is 4.79 Å². The molecule has 0 atom stereocenters. The predicted molar refractivity (Wildman–Crippen MR) is 108 cm³/mol. The van der Waals surface area contributed by atoms with Gasteiger partial charge in [-0.1, -0.05) is 31.4 Å². The zero-order chi connectivity index (χ0) is 18.6. The number of nitrogens with zero attached hydrogens (tertiary/aromatic N) is 2. The number of aromatic nitrogens is 2. The maximum Gasteiger partial charge on any atom is 0.274 e. The molecule has 0 radical (unpaired) electrons. The Balaban J connectivity index is 1.31. The average molecular weight is 367 g/mol.